The Morgan fingerprint density at radius 3 is 2.19 bits per heavy atom. The van der Waals surface area contributed by atoms with Crippen molar-refractivity contribution in [1.82, 2.24) is 9.80 Å². The standard InChI is InChI=1S/C10H20N2O2.2ClH/c1-11(2)9-3-6-12(7-4-9)8-5-10(13)14;;/h9H,3-8H2,1-2H3,(H,13,14);2*1H. The number of carboxylic acids is 1. The zero-order valence-electron chi connectivity index (χ0n) is 9.89. The van der Waals surface area contributed by atoms with E-state index in [1.165, 1.54) is 0 Å². The van der Waals surface area contributed by atoms with Crippen LogP contribution in [0.5, 0.6) is 0 Å². The van der Waals surface area contributed by atoms with Crippen molar-refractivity contribution in [2.75, 3.05) is 33.7 Å². The first kappa shape index (κ1) is 18.3. The molecule has 1 aliphatic heterocycles. The molecule has 0 bridgehead atoms. The van der Waals surface area contributed by atoms with Crippen molar-refractivity contribution in [1.29, 1.82) is 0 Å². The van der Waals surface area contributed by atoms with E-state index in [2.05, 4.69) is 23.9 Å². The van der Waals surface area contributed by atoms with Gasteiger partial charge in [0.2, 0.25) is 0 Å². The third-order valence-corrected chi connectivity index (χ3v) is 2.93. The number of nitrogens with zero attached hydrogens (tertiary/aromatic N) is 2. The number of aliphatic carboxylic acids is 1. The molecule has 0 aliphatic carbocycles. The van der Waals surface area contributed by atoms with Crippen LogP contribution in [-0.4, -0.2) is 60.6 Å². The van der Waals surface area contributed by atoms with Gasteiger partial charge in [0.05, 0.1) is 6.42 Å². The lowest BCUT2D eigenvalue weighted by Gasteiger charge is -2.34. The van der Waals surface area contributed by atoms with Crippen molar-refractivity contribution in [3.05, 3.63) is 0 Å². The molecule has 0 spiro atoms. The summed E-state index contributed by atoms with van der Waals surface area (Å²) in [5.41, 5.74) is 0. The number of carbonyl (C=O) groups is 1. The lowest BCUT2D eigenvalue weighted by Crippen LogP contribution is -2.42. The van der Waals surface area contributed by atoms with E-state index in [0.29, 0.717) is 12.6 Å². The largest absolute Gasteiger partial charge is 0.481 e. The normalized spacial score (nSPS) is 17.7. The number of piperidine rings is 1. The highest BCUT2D eigenvalue weighted by Crippen LogP contribution is 2.13. The van der Waals surface area contributed by atoms with Crippen molar-refractivity contribution in [3.63, 3.8) is 0 Å². The Kier molecular flexibility index (Phi) is 10.4. The maximum Gasteiger partial charge on any atom is 0.304 e. The van der Waals surface area contributed by atoms with Gasteiger partial charge in [-0.2, -0.15) is 0 Å². The molecule has 0 aromatic heterocycles. The number of carboxylic acid groups (broad SMARTS) is 1. The average Bonchev–Trinajstić information content (AvgIpc) is 2.15. The smallest absolute Gasteiger partial charge is 0.304 e. The number of halogens is 2. The van der Waals surface area contributed by atoms with Gasteiger partial charge in [-0.25, -0.2) is 0 Å². The Balaban J connectivity index is 0. The van der Waals surface area contributed by atoms with Gasteiger partial charge in [0, 0.05) is 12.6 Å². The monoisotopic (exact) mass is 272 g/mol. The van der Waals surface area contributed by atoms with Gasteiger partial charge in [-0.3, -0.25) is 4.79 Å². The minimum atomic E-state index is -0.695. The summed E-state index contributed by atoms with van der Waals surface area (Å²) in [5.74, 6) is -0.695. The summed E-state index contributed by atoms with van der Waals surface area (Å²) in [6.45, 7) is 2.78. The maximum atomic E-state index is 10.4. The topological polar surface area (TPSA) is 43.8 Å². The third-order valence-electron chi connectivity index (χ3n) is 2.93. The summed E-state index contributed by atoms with van der Waals surface area (Å²) in [6, 6.07) is 0.677. The van der Waals surface area contributed by atoms with Crippen LogP contribution < -0.4 is 0 Å². The number of hydrogen-bond donors (Lipinski definition) is 1. The second kappa shape index (κ2) is 9.05. The summed E-state index contributed by atoms with van der Waals surface area (Å²) >= 11 is 0. The van der Waals surface area contributed by atoms with Crippen molar-refractivity contribution in [2.45, 2.75) is 25.3 Å². The predicted octanol–water partition coefficient (Wildman–Crippen LogP) is 1.33. The van der Waals surface area contributed by atoms with Crippen LogP contribution in [0.2, 0.25) is 0 Å². The molecule has 98 valence electrons. The Morgan fingerprint density at radius 1 is 1.31 bits per heavy atom. The molecule has 0 atom stereocenters. The molecule has 1 aliphatic rings. The SMILES string of the molecule is CN(C)C1CCN(CCC(=O)O)CC1.Cl.Cl. The maximum absolute atomic E-state index is 10.4. The van der Waals surface area contributed by atoms with Gasteiger partial charge in [-0.15, -0.1) is 24.8 Å². The lowest BCUT2D eigenvalue weighted by molar-refractivity contribution is -0.137. The lowest BCUT2D eigenvalue weighted by atomic mass is 10.0. The predicted molar refractivity (Wildman–Crippen MR) is 69.9 cm³/mol. The zero-order chi connectivity index (χ0) is 10.6. The van der Waals surface area contributed by atoms with E-state index < -0.39 is 5.97 Å². The van der Waals surface area contributed by atoms with Crippen LogP contribution in [0.25, 0.3) is 0 Å². The van der Waals surface area contributed by atoms with Crippen molar-refractivity contribution in [3.8, 4) is 0 Å². The molecule has 0 saturated carbocycles. The van der Waals surface area contributed by atoms with E-state index in [1.807, 2.05) is 0 Å². The van der Waals surface area contributed by atoms with E-state index >= 15 is 0 Å². The zero-order valence-corrected chi connectivity index (χ0v) is 11.5. The fourth-order valence-electron chi connectivity index (χ4n) is 1.91. The molecule has 4 nitrogen and oxygen atoms in total. The molecule has 1 saturated heterocycles. The van der Waals surface area contributed by atoms with E-state index in [9.17, 15) is 4.79 Å². The fourth-order valence-corrected chi connectivity index (χ4v) is 1.91. The van der Waals surface area contributed by atoms with Crippen LogP contribution in [0.4, 0.5) is 0 Å². The molecule has 6 heteroatoms. The molecular weight excluding hydrogens is 251 g/mol. The Morgan fingerprint density at radius 2 is 1.81 bits per heavy atom. The molecule has 1 fully saturated rings. The molecule has 0 unspecified atom stereocenters. The second-order valence-corrected chi connectivity index (χ2v) is 4.18. The van der Waals surface area contributed by atoms with Crippen LogP contribution in [0, 0.1) is 0 Å². The summed E-state index contributed by atoms with van der Waals surface area (Å²) < 4.78 is 0. The van der Waals surface area contributed by atoms with Crippen LogP contribution in [-0.2, 0) is 4.79 Å². The highest BCUT2D eigenvalue weighted by Gasteiger charge is 2.20. The Labute approximate surface area is 110 Å². The highest BCUT2D eigenvalue weighted by molar-refractivity contribution is 5.85. The first-order valence-corrected chi connectivity index (χ1v) is 5.20. The van der Waals surface area contributed by atoms with Gasteiger partial charge in [0.25, 0.3) is 0 Å². The van der Waals surface area contributed by atoms with E-state index in [1.54, 1.807) is 0 Å². The summed E-state index contributed by atoms with van der Waals surface area (Å²) in [4.78, 5) is 14.9. The minimum Gasteiger partial charge on any atom is -0.481 e. The first-order chi connectivity index (χ1) is 6.59. The minimum absolute atomic E-state index is 0. The van der Waals surface area contributed by atoms with E-state index in [4.69, 9.17) is 5.11 Å². The van der Waals surface area contributed by atoms with Crippen molar-refractivity contribution < 1.29 is 9.90 Å². The van der Waals surface area contributed by atoms with Gasteiger partial charge < -0.3 is 14.9 Å². The van der Waals surface area contributed by atoms with E-state index in [0.717, 1.165) is 25.9 Å². The van der Waals surface area contributed by atoms with Gasteiger partial charge in [-0.1, -0.05) is 0 Å². The van der Waals surface area contributed by atoms with Crippen LogP contribution in [0.15, 0.2) is 0 Å². The second-order valence-electron chi connectivity index (χ2n) is 4.18. The molecule has 0 amide bonds. The summed E-state index contributed by atoms with van der Waals surface area (Å²) in [6.07, 6.45) is 2.59. The van der Waals surface area contributed by atoms with Gasteiger partial charge >= 0.3 is 5.97 Å². The van der Waals surface area contributed by atoms with Crippen molar-refractivity contribution >= 4 is 30.8 Å². The van der Waals surface area contributed by atoms with Gasteiger partial charge in [-0.05, 0) is 40.0 Å². The van der Waals surface area contributed by atoms with Crippen LogP contribution >= 0.6 is 24.8 Å². The first-order valence-electron chi connectivity index (χ1n) is 5.20. The Hall–Kier alpha value is -0.0300. The molecule has 1 N–H and O–H groups in total. The summed E-state index contributed by atoms with van der Waals surface area (Å²) in [5, 5.41) is 8.55. The van der Waals surface area contributed by atoms with Crippen LogP contribution in [0.3, 0.4) is 0 Å². The van der Waals surface area contributed by atoms with E-state index in [-0.39, 0.29) is 31.2 Å². The molecule has 1 rings (SSSR count). The van der Waals surface area contributed by atoms with Crippen LogP contribution in [0.1, 0.15) is 19.3 Å². The van der Waals surface area contributed by atoms with Crippen molar-refractivity contribution in [2.24, 2.45) is 0 Å². The number of hydrogen-bond acceptors (Lipinski definition) is 3. The number of likely N-dealkylation sites (tertiary alicyclic amines) is 1. The van der Waals surface area contributed by atoms with Gasteiger partial charge in [0.1, 0.15) is 0 Å². The fraction of sp³-hybridized carbons (Fsp3) is 0.900. The quantitative estimate of drug-likeness (QED) is 0.839. The molecule has 16 heavy (non-hydrogen) atoms. The number of rotatable bonds is 4. The molecule has 0 aromatic carbocycles. The van der Waals surface area contributed by atoms with Gasteiger partial charge in [0.15, 0.2) is 0 Å². The highest BCUT2D eigenvalue weighted by atomic mass is 35.5. The average molecular weight is 273 g/mol. The molecule has 0 aromatic rings. The summed E-state index contributed by atoms with van der Waals surface area (Å²) in [7, 11) is 4.22. The third kappa shape index (κ3) is 6.53. The molecular formula is C10H22Cl2N2O2. The Bertz CT molecular complexity index is 195. The molecule has 0 radical (unpaired) electrons. The molecule has 1 heterocycles.